The zero-order valence-corrected chi connectivity index (χ0v) is 28.3. The predicted octanol–water partition coefficient (Wildman–Crippen LogP) is 6.97. The van der Waals surface area contributed by atoms with Gasteiger partial charge in [-0.05, 0) is 109 Å². The lowest BCUT2D eigenvalue weighted by molar-refractivity contribution is -0.190. The van der Waals surface area contributed by atoms with E-state index in [0.29, 0.717) is 55.9 Å². The molecule has 3 rings (SSSR count). The molecule has 44 heavy (non-hydrogen) atoms. The topological polar surface area (TPSA) is 88.2 Å². The number of hydrogen-bond donors (Lipinski definition) is 1. The van der Waals surface area contributed by atoms with E-state index in [1.165, 1.54) is 16.0 Å². The number of nitrogens with one attached hydrogen (secondary N) is 1. The summed E-state index contributed by atoms with van der Waals surface area (Å²) >= 11 is 0. The SMILES string of the molecule is CCC1(CC)C(=O)N(C(=O)NCCCCc2ccc(C)cc2)[C@H]1Oc1cc(C)c(C(=O)OCCN(C(C)C)C(C)C)c(C)c1. The van der Waals surface area contributed by atoms with Gasteiger partial charge in [-0.25, -0.2) is 14.5 Å². The van der Waals surface area contributed by atoms with Crippen LogP contribution in [0.1, 0.15) is 99.8 Å². The standard InChI is InChI=1S/C36H53N3O5/c1-10-36(11-2)33(41)39(35(42)37-19-13-12-14-29-17-15-26(7)16-18-29)34(36)44-30-22-27(8)31(28(9)23-30)32(40)43-21-20-38(24(3)4)25(5)6/h15-18,22-25,34H,10-14,19-21H2,1-9H3,(H,37,42)/t34-/m0/s1. The van der Waals surface area contributed by atoms with Crippen LogP contribution in [0.2, 0.25) is 0 Å². The first-order valence-electron chi connectivity index (χ1n) is 16.2. The van der Waals surface area contributed by atoms with Crippen molar-refractivity contribution in [3.8, 4) is 5.75 Å². The number of hydrogen-bond acceptors (Lipinski definition) is 6. The molecular weight excluding hydrogens is 554 g/mol. The van der Waals surface area contributed by atoms with Crippen molar-refractivity contribution in [3.05, 3.63) is 64.2 Å². The molecule has 0 unspecified atom stereocenters. The lowest BCUT2D eigenvalue weighted by Crippen LogP contribution is -2.73. The lowest BCUT2D eigenvalue weighted by Gasteiger charge is -2.53. The molecule has 8 nitrogen and oxygen atoms in total. The fourth-order valence-corrected chi connectivity index (χ4v) is 6.26. The Hall–Kier alpha value is -3.39. The highest BCUT2D eigenvalue weighted by atomic mass is 16.5. The van der Waals surface area contributed by atoms with Gasteiger partial charge in [-0.15, -0.1) is 0 Å². The van der Waals surface area contributed by atoms with Crippen LogP contribution in [0.25, 0.3) is 0 Å². The summed E-state index contributed by atoms with van der Waals surface area (Å²) in [6, 6.07) is 12.4. The molecule has 1 N–H and O–H groups in total. The first-order chi connectivity index (χ1) is 20.9. The van der Waals surface area contributed by atoms with Gasteiger partial charge in [0, 0.05) is 25.2 Å². The van der Waals surface area contributed by atoms with E-state index in [2.05, 4.69) is 69.1 Å². The molecule has 0 spiro atoms. The van der Waals surface area contributed by atoms with Crippen molar-refractivity contribution in [1.82, 2.24) is 15.1 Å². The Kier molecular flexibility index (Phi) is 12.4. The molecule has 1 aliphatic rings. The molecule has 0 saturated carbocycles. The van der Waals surface area contributed by atoms with Crippen molar-refractivity contribution in [2.45, 2.75) is 113 Å². The van der Waals surface area contributed by atoms with E-state index < -0.39 is 17.7 Å². The fourth-order valence-electron chi connectivity index (χ4n) is 6.26. The molecular formula is C36H53N3O5. The van der Waals surface area contributed by atoms with Crippen LogP contribution in [-0.2, 0) is 16.0 Å². The summed E-state index contributed by atoms with van der Waals surface area (Å²) in [5, 5.41) is 2.92. The number of unbranched alkanes of at least 4 members (excludes halogenated alkanes) is 1. The molecule has 0 aliphatic carbocycles. The molecule has 0 bridgehead atoms. The number of likely N-dealkylation sites (tertiary alicyclic amines) is 1. The third kappa shape index (κ3) is 8.00. The normalized spacial score (nSPS) is 16.0. The number of amides is 3. The summed E-state index contributed by atoms with van der Waals surface area (Å²) < 4.78 is 12.1. The van der Waals surface area contributed by atoms with E-state index in [1.807, 2.05) is 27.7 Å². The molecule has 1 atom stereocenters. The summed E-state index contributed by atoms with van der Waals surface area (Å²) in [6.07, 6.45) is 3.07. The lowest BCUT2D eigenvalue weighted by atomic mass is 9.72. The second kappa shape index (κ2) is 15.6. The van der Waals surface area contributed by atoms with Crippen LogP contribution in [-0.4, -0.2) is 65.7 Å². The van der Waals surface area contributed by atoms with Crippen LogP contribution >= 0.6 is 0 Å². The first kappa shape index (κ1) is 35.1. The maximum Gasteiger partial charge on any atom is 0.338 e. The average molecular weight is 608 g/mol. The van der Waals surface area contributed by atoms with Gasteiger partial charge in [-0.2, -0.15) is 0 Å². The third-order valence-corrected chi connectivity index (χ3v) is 8.99. The van der Waals surface area contributed by atoms with Gasteiger partial charge < -0.3 is 14.8 Å². The zero-order valence-electron chi connectivity index (χ0n) is 28.3. The highest BCUT2D eigenvalue weighted by Gasteiger charge is 2.62. The van der Waals surface area contributed by atoms with Crippen molar-refractivity contribution in [2.24, 2.45) is 5.41 Å². The van der Waals surface area contributed by atoms with Crippen LogP contribution in [0, 0.1) is 26.2 Å². The Morgan fingerprint density at radius 1 is 0.955 bits per heavy atom. The zero-order chi connectivity index (χ0) is 32.6. The van der Waals surface area contributed by atoms with Crippen molar-refractivity contribution in [3.63, 3.8) is 0 Å². The number of carbonyl (C=O) groups excluding carboxylic acids is 3. The first-order valence-corrected chi connectivity index (χ1v) is 16.2. The van der Waals surface area contributed by atoms with Crippen LogP contribution in [0.4, 0.5) is 4.79 Å². The molecule has 0 aromatic heterocycles. The summed E-state index contributed by atoms with van der Waals surface area (Å²) in [5.74, 6) is -0.0603. The number of benzene rings is 2. The van der Waals surface area contributed by atoms with E-state index in [1.54, 1.807) is 12.1 Å². The summed E-state index contributed by atoms with van der Waals surface area (Å²) in [4.78, 5) is 43.0. The highest BCUT2D eigenvalue weighted by molar-refractivity contribution is 6.03. The van der Waals surface area contributed by atoms with E-state index in [0.717, 1.165) is 30.4 Å². The van der Waals surface area contributed by atoms with Crippen molar-refractivity contribution < 1.29 is 23.9 Å². The second-order valence-corrected chi connectivity index (χ2v) is 12.7. The highest BCUT2D eigenvalue weighted by Crippen LogP contribution is 2.46. The number of esters is 1. The summed E-state index contributed by atoms with van der Waals surface area (Å²) in [6.45, 7) is 19.7. The molecule has 242 valence electrons. The van der Waals surface area contributed by atoms with Gasteiger partial charge >= 0.3 is 12.0 Å². The molecule has 8 heteroatoms. The van der Waals surface area contributed by atoms with Crippen LogP contribution < -0.4 is 10.1 Å². The minimum Gasteiger partial charge on any atom is -0.469 e. The second-order valence-electron chi connectivity index (χ2n) is 12.7. The van der Waals surface area contributed by atoms with Crippen LogP contribution in [0.3, 0.4) is 0 Å². The average Bonchev–Trinajstić information content (AvgIpc) is 2.96. The van der Waals surface area contributed by atoms with Gasteiger partial charge in [0.25, 0.3) is 0 Å². The Morgan fingerprint density at radius 2 is 1.55 bits per heavy atom. The molecule has 2 aromatic carbocycles. The van der Waals surface area contributed by atoms with Crippen molar-refractivity contribution in [1.29, 1.82) is 0 Å². The molecule has 3 amide bonds. The maximum atomic E-state index is 13.3. The Morgan fingerprint density at radius 3 is 2.09 bits per heavy atom. The van der Waals surface area contributed by atoms with Gasteiger partial charge in [0.15, 0.2) is 6.23 Å². The smallest absolute Gasteiger partial charge is 0.338 e. The Labute approximate surface area is 264 Å². The van der Waals surface area contributed by atoms with E-state index >= 15 is 0 Å². The predicted molar refractivity (Wildman–Crippen MR) is 175 cm³/mol. The quantitative estimate of drug-likeness (QED) is 0.134. The Balaban J connectivity index is 1.64. The number of imide groups is 1. The molecule has 2 aromatic rings. The van der Waals surface area contributed by atoms with Gasteiger partial charge in [0.05, 0.1) is 5.56 Å². The molecule has 1 saturated heterocycles. The molecule has 1 aliphatic heterocycles. The number of aryl methyl sites for hydroxylation is 4. The Bertz CT molecular complexity index is 1250. The number of urea groups is 1. The van der Waals surface area contributed by atoms with Gasteiger partial charge in [-0.1, -0.05) is 43.7 Å². The van der Waals surface area contributed by atoms with Crippen LogP contribution in [0.15, 0.2) is 36.4 Å². The number of carbonyl (C=O) groups is 3. The minimum absolute atomic E-state index is 0.213. The molecule has 1 fully saturated rings. The minimum atomic E-state index is -0.777. The largest absolute Gasteiger partial charge is 0.469 e. The number of nitrogens with zero attached hydrogens (tertiary/aromatic N) is 2. The molecule has 0 radical (unpaired) electrons. The number of rotatable bonds is 15. The van der Waals surface area contributed by atoms with E-state index in [4.69, 9.17) is 9.47 Å². The van der Waals surface area contributed by atoms with Crippen molar-refractivity contribution >= 4 is 17.9 Å². The number of β-lactam (4-membered cyclic amide) rings is 1. The van der Waals surface area contributed by atoms with E-state index in [9.17, 15) is 14.4 Å². The molecule has 1 heterocycles. The van der Waals surface area contributed by atoms with Gasteiger partial charge in [0.2, 0.25) is 5.91 Å². The summed E-state index contributed by atoms with van der Waals surface area (Å²) in [5.41, 5.74) is 3.70. The van der Waals surface area contributed by atoms with Crippen molar-refractivity contribution in [2.75, 3.05) is 19.7 Å². The van der Waals surface area contributed by atoms with Gasteiger partial charge in [0.1, 0.15) is 17.8 Å². The summed E-state index contributed by atoms with van der Waals surface area (Å²) in [7, 11) is 0. The van der Waals surface area contributed by atoms with E-state index in [-0.39, 0.29) is 11.9 Å². The maximum absolute atomic E-state index is 13.3. The van der Waals surface area contributed by atoms with Crippen LogP contribution in [0.5, 0.6) is 5.75 Å². The van der Waals surface area contributed by atoms with Gasteiger partial charge in [-0.3, -0.25) is 9.69 Å². The third-order valence-electron chi connectivity index (χ3n) is 8.99. The monoisotopic (exact) mass is 607 g/mol. The fraction of sp³-hybridized carbons (Fsp3) is 0.583. The number of ether oxygens (including phenoxy) is 2.